The minimum atomic E-state index is -0.490. The first-order valence-corrected chi connectivity index (χ1v) is 7.55. The van der Waals surface area contributed by atoms with Gasteiger partial charge in [-0.2, -0.15) is 0 Å². The highest BCUT2D eigenvalue weighted by molar-refractivity contribution is 5.83. The summed E-state index contributed by atoms with van der Waals surface area (Å²) >= 11 is 0. The zero-order valence-corrected chi connectivity index (χ0v) is 13.0. The van der Waals surface area contributed by atoms with Gasteiger partial charge < -0.3 is 14.6 Å². The minimum Gasteiger partial charge on any atom is -0.469 e. The Hall–Kier alpha value is -2.63. The summed E-state index contributed by atoms with van der Waals surface area (Å²) in [6, 6.07) is 7.73. The van der Waals surface area contributed by atoms with Gasteiger partial charge in [0.2, 0.25) is 5.91 Å². The van der Waals surface area contributed by atoms with E-state index in [0.29, 0.717) is 13.0 Å². The lowest BCUT2D eigenvalue weighted by molar-refractivity contribution is -0.147. The molecule has 2 aromatic rings. The molecule has 1 amide bonds. The minimum absolute atomic E-state index is 0.0874. The third-order valence-corrected chi connectivity index (χ3v) is 4.20. The molecule has 1 aromatic heterocycles. The molecule has 0 unspecified atom stereocenters. The van der Waals surface area contributed by atoms with Crippen molar-refractivity contribution in [2.75, 3.05) is 13.7 Å². The van der Waals surface area contributed by atoms with Crippen LogP contribution in [0.4, 0.5) is 0 Å². The number of ether oxygens (including phenoxy) is 1. The highest BCUT2D eigenvalue weighted by Gasteiger charge is 2.51. The van der Waals surface area contributed by atoms with Crippen LogP contribution in [0.3, 0.4) is 0 Å². The van der Waals surface area contributed by atoms with Gasteiger partial charge in [-0.25, -0.2) is 4.98 Å². The van der Waals surface area contributed by atoms with Crippen LogP contribution in [0.25, 0.3) is 5.69 Å². The fraction of sp³-hybridized carbons (Fsp3) is 0.353. The van der Waals surface area contributed by atoms with Crippen molar-refractivity contribution in [3.8, 4) is 5.69 Å². The number of rotatable bonds is 6. The van der Waals surface area contributed by atoms with Gasteiger partial charge in [0.25, 0.3) is 0 Å². The Labute approximate surface area is 134 Å². The van der Waals surface area contributed by atoms with Crippen LogP contribution < -0.4 is 5.32 Å². The Balaban J connectivity index is 1.53. The molecular weight excluding hydrogens is 294 g/mol. The average Bonchev–Trinajstić information content (AvgIpc) is 3.17. The lowest BCUT2D eigenvalue weighted by Gasteiger charge is -2.13. The molecule has 1 aliphatic rings. The standard InChI is InChI=1S/C17H19N3O3/c1-23-16(22)17(6-7-17)11-19-15(21)10-13-2-4-14(5-3-13)20-9-8-18-12-20/h2-5,8-9,12H,6-7,10-11H2,1H3,(H,19,21). The van der Waals surface area contributed by atoms with Gasteiger partial charge in [-0.3, -0.25) is 9.59 Å². The topological polar surface area (TPSA) is 73.2 Å². The zero-order valence-electron chi connectivity index (χ0n) is 13.0. The van der Waals surface area contributed by atoms with E-state index >= 15 is 0 Å². The van der Waals surface area contributed by atoms with Crippen molar-refractivity contribution in [1.29, 1.82) is 0 Å². The van der Waals surface area contributed by atoms with Crippen molar-refractivity contribution >= 4 is 11.9 Å². The first kappa shape index (κ1) is 15.3. The average molecular weight is 313 g/mol. The van der Waals surface area contributed by atoms with Crippen LogP contribution in [0.1, 0.15) is 18.4 Å². The number of carbonyl (C=O) groups is 2. The molecule has 1 N–H and O–H groups in total. The van der Waals surface area contributed by atoms with Gasteiger partial charge in [-0.15, -0.1) is 0 Å². The molecule has 6 heteroatoms. The Morgan fingerprint density at radius 2 is 2.04 bits per heavy atom. The molecule has 23 heavy (non-hydrogen) atoms. The van der Waals surface area contributed by atoms with Gasteiger partial charge >= 0.3 is 5.97 Å². The third-order valence-electron chi connectivity index (χ3n) is 4.20. The maximum absolute atomic E-state index is 12.0. The van der Waals surface area contributed by atoms with E-state index in [1.807, 2.05) is 35.0 Å². The number of aromatic nitrogens is 2. The van der Waals surface area contributed by atoms with Crippen molar-refractivity contribution < 1.29 is 14.3 Å². The lowest BCUT2D eigenvalue weighted by atomic mass is 10.1. The third kappa shape index (κ3) is 3.41. The zero-order chi connectivity index (χ0) is 16.3. The maximum atomic E-state index is 12.0. The summed E-state index contributed by atoms with van der Waals surface area (Å²) in [4.78, 5) is 27.7. The van der Waals surface area contributed by atoms with Crippen LogP contribution in [0, 0.1) is 5.41 Å². The molecule has 1 aliphatic carbocycles. The van der Waals surface area contributed by atoms with Crippen molar-refractivity contribution in [1.82, 2.24) is 14.9 Å². The Kier molecular flexibility index (Phi) is 4.14. The molecule has 0 saturated heterocycles. The van der Waals surface area contributed by atoms with Gasteiger partial charge in [0.05, 0.1) is 25.3 Å². The molecule has 1 aromatic carbocycles. The fourth-order valence-electron chi connectivity index (χ4n) is 2.53. The predicted octanol–water partition coefficient (Wildman–Crippen LogP) is 1.48. The Bertz CT molecular complexity index is 688. The molecule has 0 aliphatic heterocycles. The number of hydrogen-bond donors (Lipinski definition) is 1. The highest BCUT2D eigenvalue weighted by Crippen LogP contribution is 2.45. The van der Waals surface area contributed by atoms with Gasteiger partial charge in [0.15, 0.2) is 0 Å². The number of esters is 1. The summed E-state index contributed by atoms with van der Waals surface area (Å²) < 4.78 is 6.68. The van der Waals surface area contributed by atoms with E-state index in [-0.39, 0.29) is 11.9 Å². The summed E-state index contributed by atoms with van der Waals surface area (Å²) in [6.45, 7) is 0.353. The molecule has 6 nitrogen and oxygen atoms in total. The van der Waals surface area contributed by atoms with Gasteiger partial charge in [-0.05, 0) is 30.5 Å². The normalized spacial score (nSPS) is 15.0. The summed E-state index contributed by atoms with van der Waals surface area (Å²) in [6.07, 6.45) is 7.16. The number of carbonyl (C=O) groups excluding carboxylic acids is 2. The largest absolute Gasteiger partial charge is 0.469 e. The van der Waals surface area contributed by atoms with Crippen LogP contribution >= 0.6 is 0 Å². The molecule has 0 spiro atoms. The smallest absolute Gasteiger partial charge is 0.313 e. The van der Waals surface area contributed by atoms with E-state index in [9.17, 15) is 9.59 Å². The second-order valence-electron chi connectivity index (χ2n) is 5.86. The summed E-state index contributed by atoms with van der Waals surface area (Å²) in [5.41, 5.74) is 1.43. The van der Waals surface area contributed by atoms with Crippen LogP contribution in [0.2, 0.25) is 0 Å². The summed E-state index contributed by atoms with van der Waals surface area (Å²) in [5.74, 6) is -0.321. The van der Waals surface area contributed by atoms with Gasteiger partial charge in [0.1, 0.15) is 0 Å². The van der Waals surface area contributed by atoms with Crippen LogP contribution in [-0.2, 0) is 20.7 Å². The van der Waals surface area contributed by atoms with Crippen molar-refractivity contribution in [3.05, 3.63) is 48.5 Å². The first-order chi connectivity index (χ1) is 11.1. The predicted molar refractivity (Wildman–Crippen MR) is 84.0 cm³/mol. The molecule has 120 valence electrons. The lowest BCUT2D eigenvalue weighted by Crippen LogP contribution is -2.35. The van der Waals surface area contributed by atoms with E-state index in [1.54, 1.807) is 12.5 Å². The monoisotopic (exact) mass is 313 g/mol. The second kappa shape index (κ2) is 6.24. The van der Waals surface area contributed by atoms with Crippen molar-refractivity contribution in [3.63, 3.8) is 0 Å². The number of imidazole rings is 1. The molecule has 1 saturated carbocycles. The number of nitrogens with one attached hydrogen (secondary N) is 1. The maximum Gasteiger partial charge on any atom is 0.313 e. The van der Waals surface area contributed by atoms with E-state index in [4.69, 9.17) is 4.74 Å². The molecule has 1 heterocycles. The first-order valence-electron chi connectivity index (χ1n) is 7.55. The molecular formula is C17H19N3O3. The number of methoxy groups -OCH3 is 1. The summed E-state index contributed by atoms with van der Waals surface area (Å²) in [7, 11) is 1.38. The van der Waals surface area contributed by atoms with E-state index < -0.39 is 5.41 Å². The number of amides is 1. The van der Waals surface area contributed by atoms with Crippen molar-refractivity contribution in [2.24, 2.45) is 5.41 Å². The van der Waals surface area contributed by atoms with Crippen molar-refractivity contribution in [2.45, 2.75) is 19.3 Å². The fourth-order valence-corrected chi connectivity index (χ4v) is 2.53. The Morgan fingerprint density at radius 1 is 1.30 bits per heavy atom. The number of benzene rings is 1. The van der Waals surface area contributed by atoms with Gasteiger partial charge in [0, 0.05) is 24.6 Å². The number of hydrogen-bond acceptors (Lipinski definition) is 4. The van der Waals surface area contributed by atoms with Crippen LogP contribution in [0.5, 0.6) is 0 Å². The quantitative estimate of drug-likeness (QED) is 0.820. The van der Waals surface area contributed by atoms with E-state index in [0.717, 1.165) is 24.1 Å². The highest BCUT2D eigenvalue weighted by atomic mass is 16.5. The van der Waals surface area contributed by atoms with Crippen LogP contribution in [-0.4, -0.2) is 35.1 Å². The number of nitrogens with zero attached hydrogens (tertiary/aromatic N) is 2. The SMILES string of the molecule is COC(=O)C1(CNC(=O)Cc2ccc(-n3ccnc3)cc2)CC1. The van der Waals surface area contributed by atoms with E-state index in [1.165, 1.54) is 7.11 Å². The molecule has 1 fully saturated rings. The molecule has 0 radical (unpaired) electrons. The molecule has 3 rings (SSSR count). The van der Waals surface area contributed by atoms with Gasteiger partial charge in [-0.1, -0.05) is 12.1 Å². The van der Waals surface area contributed by atoms with E-state index in [2.05, 4.69) is 10.3 Å². The van der Waals surface area contributed by atoms with Crippen LogP contribution in [0.15, 0.2) is 43.0 Å². The Morgan fingerprint density at radius 3 is 2.61 bits per heavy atom. The molecule has 0 atom stereocenters. The summed E-state index contributed by atoms with van der Waals surface area (Å²) in [5, 5.41) is 2.84. The molecule has 0 bridgehead atoms. The second-order valence-corrected chi connectivity index (χ2v) is 5.86.